The van der Waals surface area contributed by atoms with E-state index in [4.69, 9.17) is 0 Å². The van der Waals surface area contributed by atoms with Crippen LogP contribution in [-0.2, 0) is 4.79 Å². The molecule has 3 aromatic rings. The summed E-state index contributed by atoms with van der Waals surface area (Å²) in [4.78, 5) is 27.4. The lowest BCUT2D eigenvalue weighted by Crippen LogP contribution is -2.32. The average Bonchev–Trinajstić information content (AvgIpc) is 3.19. The van der Waals surface area contributed by atoms with Crippen molar-refractivity contribution in [3.63, 3.8) is 0 Å². The molecule has 0 aromatic heterocycles. The number of allylic oxidation sites excluding steroid dienone is 2. The Hall–Kier alpha value is -3.72. The summed E-state index contributed by atoms with van der Waals surface area (Å²) in [7, 11) is 0. The molecule has 0 N–H and O–H groups in total. The molecule has 1 heterocycles. The van der Waals surface area contributed by atoms with E-state index in [9.17, 15) is 9.59 Å². The first-order valence-corrected chi connectivity index (χ1v) is 10.6. The molecule has 3 aromatic carbocycles. The van der Waals surface area contributed by atoms with Crippen LogP contribution in [0.1, 0.15) is 39.9 Å². The van der Waals surface area contributed by atoms with Crippen molar-refractivity contribution in [2.24, 2.45) is 5.92 Å². The molecule has 0 radical (unpaired) electrons. The number of hydrogen-bond acceptors (Lipinski definition) is 2. The van der Waals surface area contributed by atoms with Gasteiger partial charge in [0, 0.05) is 23.1 Å². The zero-order valence-corrected chi connectivity index (χ0v) is 17.1. The minimum Gasteiger partial charge on any atom is -0.303 e. The van der Waals surface area contributed by atoms with E-state index in [0.29, 0.717) is 12.0 Å². The highest BCUT2D eigenvalue weighted by Crippen LogP contribution is 2.53. The molecule has 0 saturated carbocycles. The quantitative estimate of drug-likeness (QED) is 0.523. The number of amides is 1. The molecule has 3 heteroatoms. The molecule has 0 fully saturated rings. The molecule has 1 amide bonds. The Balaban J connectivity index is 1.71. The van der Waals surface area contributed by atoms with Gasteiger partial charge in [-0.1, -0.05) is 84.9 Å². The highest BCUT2D eigenvalue weighted by Gasteiger charge is 2.45. The van der Waals surface area contributed by atoms with Crippen molar-refractivity contribution in [1.29, 1.82) is 0 Å². The molecule has 3 atom stereocenters. The molecular formula is C28H23NO2. The summed E-state index contributed by atoms with van der Waals surface area (Å²) in [6.07, 6.45) is 5.53. The number of carbonyl (C=O) groups excluding carboxylic acids is 2. The maximum atomic E-state index is 13.8. The first-order chi connectivity index (χ1) is 15.3. The van der Waals surface area contributed by atoms with Gasteiger partial charge >= 0.3 is 0 Å². The summed E-state index contributed by atoms with van der Waals surface area (Å²) in [5, 5.41) is 0. The summed E-state index contributed by atoms with van der Waals surface area (Å²) < 4.78 is 0. The second-order valence-electron chi connectivity index (χ2n) is 8.06. The van der Waals surface area contributed by atoms with E-state index in [1.165, 1.54) is 0 Å². The van der Waals surface area contributed by atoms with E-state index in [1.54, 1.807) is 0 Å². The maximum absolute atomic E-state index is 13.8. The molecule has 5 rings (SSSR count). The minimum atomic E-state index is -0.170. The molecule has 0 spiro atoms. The van der Waals surface area contributed by atoms with Crippen LogP contribution in [0.25, 0.3) is 0 Å². The van der Waals surface area contributed by atoms with Gasteiger partial charge in [-0.2, -0.15) is 0 Å². The molecular weight excluding hydrogens is 382 g/mol. The van der Waals surface area contributed by atoms with Crippen LogP contribution in [0.2, 0.25) is 0 Å². The van der Waals surface area contributed by atoms with Gasteiger partial charge in [-0.15, -0.1) is 0 Å². The predicted octanol–water partition coefficient (Wildman–Crippen LogP) is 5.70. The Bertz CT molecular complexity index is 1150. The normalized spacial score (nSPS) is 22.3. The van der Waals surface area contributed by atoms with Gasteiger partial charge in [-0.25, -0.2) is 0 Å². The zero-order valence-electron chi connectivity index (χ0n) is 17.1. The van der Waals surface area contributed by atoms with Crippen molar-refractivity contribution >= 4 is 12.2 Å². The predicted molar refractivity (Wildman–Crippen MR) is 121 cm³/mol. The molecule has 0 bridgehead atoms. The highest BCUT2D eigenvalue weighted by molar-refractivity contribution is 5.96. The monoisotopic (exact) mass is 405 g/mol. The van der Waals surface area contributed by atoms with E-state index in [2.05, 4.69) is 24.3 Å². The Labute approximate surface area is 182 Å². The van der Waals surface area contributed by atoms with Gasteiger partial charge in [0.1, 0.15) is 6.29 Å². The fourth-order valence-electron chi connectivity index (χ4n) is 4.84. The van der Waals surface area contributed by atoms with Gasteiger partial charge < -0.3 is 4.79 Å². The maximum Gasteiger partial charge on any atom is 0.258 e. The lowest BCUT2D eigenvalue weighted by atomic mass is 9.79. The second-order valence-corrected chi connectivity index (χ2v) is 8.06. The fourth-order valence-corrected chi connectivity index (χ4v) is 4.84. The van der Waals surface area contributed by atoms with E-state index >= 15 is 0 Å². The van der Waals surface area contributed by atoms with Crippen molar-refractivity contribution in [2.45, 2.75) is 18.4 Å². The molecule has 31 heavy (non-hydrogen) atoms. The van der Waals surface area contributed by atoms with Gasteiger partial charge in [-0.3, -0.25) is 9.69 Å². The number of rotatable bonds is 4. The first-order valence-electron chi connectivity index (χ1n) is 10.6. The number of benzene rings is 3. The Morgan fingerprint density at radius 2 is 1.39 bits per heavy atom. The standard InChI is InChI=1S/C28H23NO2/c30-19-20-16-17-25-24(18-20)26(21-10-4-1-5-11-21)27(22-12-6-2-7-13-22)29(25)28(31)23-14-8-3-9-15-23/h1-17,19-20,26-27H,18H2. The summed E-state index contributed by atoms with van der Waals surface area (Å²) in [6.45, 7) is 0. The van der Waals surface area contributed by atoms with Crippen LogP contribution in [0.3, 0.4) is 0 Å². The SMILES string of the molecule is O=CC1C=CC2=C(C1)C(c1ccccc1)C(c1ccccc1)N2C(=O)c1ccccc1. The van der Waals surface area contributed by atoms with Gasteiger partial charge in [0.15, 0.2) is 0 Å². The van der Waals surface area contributed by atoms with E-state index in [0.717, 1.165) is 28.7 Å². The molecule has 1 aliphatic heterocycles. The molecule has 3 nitrogen and oxygen atoms in total. The van der Waals surface area contributed by atoms with Gasteiger partial charge in [0.2, 0.25) is 0 Å². The summed E-state index contributed by atoms with van der Waals surface area (Å²) in [5.74, 6) is -0.179. The van der Waals surface area contributed by atoms with Crippen LogP contribution in [-0.4, -0.2) is 17.1 Å². The third-order valence-electron chi connectivity index (χ3n) is 6.23. The van der Waals surface area contributed by atoms with Crippen LogP contribution in [0.5, 0.6) is 0 Å². The molecule has 3 unspecified atom stereocenters. The van der Waals surface area contributed by atoms with Crippen molar-refractivity contribution in [2.75, 3.05) is 0 Å². The van der Waals surface area contributed by atoms with Gasteiger partial charge in [0.05, 0.1) is 6.04 Å². The molecule has 152 valence electrons. The van der Waals surface area contributed by atoms with Crippen LogP contribution in [0.4, 0.5) is 0 Å². The van der Waals surface area contributed by atoms with E-state index in [1.807, 2.05) is 83.8 Å². The average molecular weight is 405 g/mol. The number of nitrogens with zero attached hydrogens (tertiary/aromatic N) is 1. The zero-order chi connectivity index (χ0) is 21.2. The summed E-state index contributed by atoms with van der Waals surface area (Å²) in [6, 6.07) is 29.8. The van der Waals surface area contributed by atoms with Gasteiger partial charge in [0.25, 0.3) is 5.91 Å². The van der Waals surface area contributed by atoms with Crippen molar-refractivity contribution in [3.05, 3.63) is 131 Å². The second kappa shape index (κ2) is 8.19. The van der Waals surface area contributed by atoms with Crippen molar-refractivity contribution < 1.29 is 9.59 Å². The Morgan fingerprint density at radius 1 is 0.806 bits per heavy atom. The Kier molecular flexibility index (Phi) is 5.09. The minimum absolute atomic E-state index is 0.00124. The molecule has 2 aliphatic rings. The van der Waals surface area contributed by atoms with E-state index < -0.39 is 0 Å². The summed E-state index contributed by atoms with van der Waals surface area (Å²) >= 11 is 0. The van der Waals surface area contributed by atoms with Crippen LogP contribution in [0.15, 0.2) is 114 Å². The Morgan fingerprint density at radius 3 is 2.00 bits per heavy atom. The van der Waals surface area contributed by atoms with E-state index in [-0.39, 0.29) is 23.8 Å². The smallest absolute Gasteiger partial charge is 0.258 e. The van der Waals surface area contributed by atoms with Crippen LogP contribution in [0, 0.1) is 5.92 Å². The lowest BCUT2D eigenvalue weighted by Gasteiger charge is -2.31. The highest BCUT2D eigenvalue weighted by atomic mass is 16.2. The first kappa shape index (κ1) is 19.3. The fraction of sp³-hybridized carbons (Fsp3) is 0.143. The third kappa shape index (κ3) is 3.42. The number of aldehydes is 1. The number of hydrogen-bond donors (Lipinski definition) is 0. The molecule has 0 saturated heterocycles. The van der Waals surface area contributed by atoms with Gasteiger partial charge in [-0.05, 0) is 41.3 Å². The van der Waals surface area contributed by atoms with Crippen LogP contribution >= 0.6 is 0 Å². The van der Waals surface area contributed by atoms with Crippen molar-refractivity contribution in [1.82, 2.24) is 4.90 Å². The summed E-state index contributed by atoms with van der Waals surface area (Å²) in [5.41, 5.74) is 4.99. The number of carbonyl (C=O) groups is 2. The lowest BCUT2D eigenvalue weighted by molar-refractivity contribution is -0.109. The van der Waals surface area contributed by atoms with Crippen molar-refractivity contribution in [3.8, 4) is 0 Å². The third-order valence-corrected chi connectivity index (χ3v) is 6.23. The topological polar surface area (TPSA) is 37.4 Å². The molecule has 1 aliphatic carbocycles. The van der Waals surface area contributed by atoms with Crippen LogP contribution < -0.4 is 0 Å². The largest absolute Gasteiger partial charge is 0.303 e.